The number of thiazole rings is 1. The number of halogens is 2. The summed E-state index contributed by atoms with van der Waals surface area (Å²) in [5, 5.41) is 11.3. The molecule has 0 bridgehead atoms. The van der Waals surface area contributed by atoms with Crippen molar-refractivity contribution in [2.24, 2.45) is 5.10 Å². The maximum atomic E-state index is 4.47. The molecule has 3 aromatic heterocycles. The molecule has 0 spiro atoms. The van der Waals surface area contributed by atoms with Crippen molar-refractivity contribution in [2.75, 3.05) is 12.5 Å². The van der Waals surface area contributed by atoms with Gasteiger partial charge in [-0.3, -0.25) is 5.43 Å². The first-order valence-corrected chi connectivity index (χ1v) is 9.53. The van der Waals surface area contributed by atoms with Gasteiger partial charge in [-0.05, 0) is 25.5 Å². The number of nitrogens with zero attached hydrogens (tertiary/aromatic N) is 4. The average Bonchev–Trinajstić information content (AvgIpc) is 3.21. The highest BCUT2D eigenvalue weighted by Gasteiger charge is 2.12. The fourth-order valence-electron chi connectivity index (χ4n) is 2.20. The Morgan fingerprint density at radius 3 is 2.85 bits per heavy atom. The zero-order chi connectivity index (χ0) is 16.9. The lowest BCUT2D eigenvalue weighted by Gasteiger charge is -2.02. The van der Waals surface area contributed by atoms with Gasteiger partial charge in [0.15, 0.2) is 5.82 Å². The fraction of sp³-hybridized carbons (Fsp3) is 0.375. The van der Waals surface area contributed by atoms with Crippen LogP contribution in [0.1, 0.15) is 41.8 Å². The second-order valence-electron chi connectivity index (χ2n) is 5.48. The number of rotatable bonds is 7. The van der Waals surface area contributed by atoms with E-state index in [1.54, 1.807) is 35.2 Å². The molecule has 0 fully saturated rings. The number of hydrogen-bond donors (Lipinski definition) is 2. The Morgan fingerprint density at radius 2 is 2.12 bits per heavy atom. The number of anilines is 1. The molecular weight excluding hydrogens is 411 g/mol. The van der Waals surface area contributed by atoms with E-state index in [1.807, 2.05) is 12.4 Å². The number of aromatic nitrogens is 3. The summed E-state index contributed by atoms with van der Waals surface area (Å²) in [6.45, 7) is 5.19. The van der Waals surface area contributed by atoms with Crippen molar-refractivity contribution in [1.29, 1.82) is 0 Å². The van der Waals surface area contributed by atoms with Gasteiger partial charge in [0.25, 0.3) is 0 Å². The summed E-state index contributed by atoms with van der Waals surface area (Å²) in [7, 11) is 1.91. The lowest BCUT2D eigenvalue weighted by Crippen LogP contribution is -2.05. The van der Waals surface area contributed by atoms with E-state index < -0.39 is 0 Å². The monoisotopic (exact) mass is 432 g/mol. The van der Waals surface area contributed by atoms with Crippen LogP contribution in [0.2, 0.25) is 0 Å². The van der Waals surface area contributed by atoms with E-state index >= 15 is 0 Å². The zero-order valence-electron chi connectivity index (χ0n) is 14.7. The summed E-state index contributed by atoms with van der Waals surface area (Å²) in [6, 6.07) is 2.17. The van der Waals surface area contributed by atoms with Gasteiger partial charge in [0.2, 0.25) is 0 Å². The molecule has 0 amide bonds. The van der Waals surface area contributed by atoms with E-state index in [2.05, 4.69) is 50.7 Å². The molecular formula is C16H22Cl2N6S2. The van der Waals surface area contributed by atoms with Crippen molar-refractivity contribution in [2.45, 2.75) is 32.7 Å². The van der Waals surface area contributed by atoms with Crippen molar-refractivity contribution in [3.63, 3.8) is 0 Å². The predicted molar refractivity (Wildman–Crippen MR) is 117 cm³/mol. The van der Waals surface area contributed by atoms with Crippen LogP contribution in [-0.4, -0.2) is 28.2 Å². The third-order valence-corrected chi connectivity index (χ3v) is 5.82. The number of hydrazone groups is 1. The Balaban J connectivity index is 0.00000169. The molecule has 0 saturated heterocycles. The minimum atomic E-state index is 0. The summed E-state index contributed by atoms with van der Waals surface area (Å²) in [5.41, 5.74) is 4.04. The van der Waals surface area contributed by atoms with E-state index in [1.165, 1.54) is 4.88 Å². The average molecular weight is 433 g/mol. The molecule has 1 unspecified atom stereocenters. The van der Waals surface area contributed by atoms with Crippen molar-refractivity contribution in [3.05, 3.63) is 33.4 Å². The van der Waals surface area contributed by atoms with Crippen LogP contribution in [0.3, 0.4) is 0 Å². The second-order valence-corrected chi connectivity index (χ2v) is 7.43. The molecule has 0 radical (unpaired) electrons. The second kappa shape index (κ2) is 10.7. The normalized spacial score (nSPS) is 12.0. The molecule has 142 valence electrons. The Morgan fingerprint density at radius 1 is 1.31 bits per heavy atom. The standard InChI is InChI=1S/C16H20N6S2.2ClH/c1-4-10(2)13-5-12-15(18-9-19-16(12)24-13)22-20-7-14-21-11(6-17-3)8-23-14;;/h5,7-10,17H,4,6H2,1-3H3,(H,18,19,22);2*1H/b20-7+;;. The van der Waals surface area contributed by atoms with Crippen LogP contribution >= 0.6 is 47.5 Å². The number of nitrogens with one attached hydrogen (secondary N) is 2. The number of hydrogen-bond acceptors (Lipinski definition) is 8. The van der Waals surface area contributed by atoms with Gasteiger partial charge in [-0.25, -0.2) is 15.0 Å². The first-order chi connectivity index (χ1) is 11.7. The van der Waals surface area contributed by atoms with Crippen LogP contribution in [0, 0.1) is 0 Å². The van der Waals surface area contributed by atoms with Crippen molar-refractivity contribution in [1.82, 2.24) is 20.3 Å². The quantitative estimate of drug-likeness (QED) is 0.418. The minimum Gasteiger partial charge on any atom is -0.314 e. The molecule has 0 aromatic carbocycles. The summed E-state index contributed by atoms with van der Waals surface area (Å²) in [4.78, 5) is 15.5. The lowest BCUT2D eigenvalue weighted by atomic mass is 10.1. The Hall–Kier alpha value is -1.32. The summed E-state index contributed by atoms with van der Waals surface area (Å²) >= 11 is 3.29. The maximum absolute atomic E-state index is 4.47. The van der Waals surface area contributed by atoms with E-state index in [-0.39, 0.29) is 24.8 Å². The van der Waals surface area contributed by atoms with Gasteiger partial charge in [-0.2, -0.15) is 5.10 Å². The van der Waals surface area contributed by atoms with Crippen LogP contribution in [0.4, 0.5) is 5.82 Å². The van der Waals surface area contributed by atoms with Crippen LogP contribution in [0.15, 0.2) is 22.9 Å². The van der Waals surface area contributed by atoms with Gasteiger partial charge < -0.3 is 5.32 Å². The highest BCUT2D eigenvalue weighted by atomic mass is 35.5. The Kier molecular flexibility index (Phi) is 9.38. The summed E-state index contributed by atoms with van der Waals surface area (Å²) < 4.78 is 0. The van der Waals surface area contributed by atoms with Crippen molar-refractivity contribution < 1.29 is 0 Å². The van der Waals surface area contributed by atoms with E-state index in [0.29, 0.717) is 5.92 Å². The molecule has 0 aliphatic carbocycles. The molecule has 3 aromatic rings. The summed E-state index contributed by atoms with van der Waals surface area (Å²) in [5.74, 6) is 1.26. The highest BCUT2D eigenvalue weighted by molar-refractivity contribution is 7.18. The van der Waals surface area contributed by atoms with Gasteiger partial charge >= 0.3 is 0 Å². The molecule has 1 atom stereocenters. The van der Waals surface area contributed by atoms with Crippen LogP contribution in [0.5, 0.6) is 0 Å². The van der Waals surface area contributed by atoms with Gasteiger partial charge in [0.05, 0.1) is 17.3 Å². The van der Waals surface area contributed by atoms with E-state index in [4.69, 9.17) is 0 Å². The highest BCUT2D eigenvalue weighted by Crippen LogP contribution is 2.33. The van der Waals surface area contributed by atoms with Gasteiger partial charge in [-0.15, -0.1) is 47.5 Å². The third kappa shape index (κ3) is 5.34. The first-order valence-electron chi connectivity index (χ1n) is 7.83. The van der Waals surface area contributed by atoms with Crippen LogP contribution in [0.25, 0.3) is 10.2 Å². The molecule has 3 heterocycles. The predicted octanol–water partition coefficient (Wildman–Crippen LogP) is 4.67. The lowest BCUT2D eigenvalue weighted by molar-refractivity contribution is 0.748. The van der Waals surface area contributed by atoms with Gasteiger partial charge in [0, 0.05) is 16.8 Å². The molecule has 0 saturated carbocycles. The zero-order valence-corrected chi connectivity index (χ0v) is 18.0. The van der Waals surface area contributed by atoms with Gasteiger partial charge in [0.1, 0.15) is 16.2 Å². The molecule has 0 aliphatic heterocycles. The van der Waals surface area contributed by atoms with Crippen LogP contribution < -0.4 is 10.7 Å². The minimum absolute atomic E-state index is 0. The van der Waals surface area contributed by atoms with Crippen molar-refractivity contribution >= 4 is 69.7 Å². The van der Waals surface area contributed by atoms with Crippen LogP contribution in [-0.2, 0) is 6.54 Å². The topological polar surface area (TPSA) is 75.1 Å². The molecule has 2 N–H and O–H groups in total. The van der Waals surface area contributed by atoms with E-state index in [9.17, 15) is 0 Å². The van der Waals surface area contributed by atoms with Crippen molar-refractivity contribution in [3.8, 4) is 0 Å². The SMILES string of the molecule is CCC(C)c1cc2c(N/N=C/c3nc(CNC)cs3)ncnc2s1.Cl.Cl. The first kappa shape index (κ1) is 22.7. The third-order valence-electron chi connectivity index (χ3n) is 3.72. The van der Waals surface area contributed by atoms with E-state index in [0.717, 1.165) is 39.7 Å². The molecule has 3 rings (SSSR count). The molecule has 6 nitrogen and oxygen atoms in total. The Bertz CT molecular complexity index is 848. The molecule has 0 aliphatic rings. The largest absolute Gasteiger partial charge is 0.314 e. The smallest absolute Gasteiger partial charge is 0.158 e. The Labute approximate surface area is 173 Å². The molecule has 10 heteroatoms. The summed E-state index contributed by atoms with van der Waals surface area (Å²) in [6.07, 6.45) is 4.41. The molecule has 26 heavy (non-hydrogen) atoms. The maximum Gasteiger partial charge on any atom is 0.158 e. The van der Waals surface area contributed by atoms with Gasteiger partial charge in [-0.1, -0.05) is 13.8 Å². The number of thiophene rings is 1. The number of fused-ring (bicyclic) bond motifs is 1. The fourth-order valence-corrected chi connectivity index (χ4v) is 4.01.